The Morgan fingerprint density at radius 3 is 2.55 bits per heavy atom. The molecule has 3 N–H and O–H groups in total. The molecule has 0 spiro atoms. The first-order valence-electron chi connectivity index (χ1n) is 6.89. The SMILES string of the molecule is Cc1c(N)cc(S(=O)(=O)NC2CCCCC2C)cc1Cl. The Morgan fingerprint density at radius 1 is 1.30 bits per heavy atom. The number of rotatable bonds is 3. The molecule has 1 aliphatic carbocycles. The van der Waals surface area contributed by atoms with E-state index in [0.29, 0.717) is 22.2 Å². The number of benzene rings is 1. The highest BCUT2D eigenvalue weighted by Crippen LogP contribution is 2.28. The first kappa shape index (κ1) is 15.6. The Labute approximate surface area is 125 Å². The average molecular weight is 317 g/mol. The molecule has 20 heavy (non-hydrogen) atoms. The van der Waals surface area contributed by atoms with Crippen LogP contribution in [0.2, 0.25) is 5.02 Å². The predicted molar refractivity (Wildman–Crippen MR) is 82.3 cm³/mol. The smallest absolute Gasteiger partial charge is 0.240 e. The van der Waals surface area contributed by atoms with Gasteiger partial charge in [-0.2, -0.15) is 0 Å². The summed E-state index contributed by atoms with van der Waals surface area (Å²) in [7, 11) is -3.57. The van der Waals surface area contributed by atoms with Crippen LogP contribution in [0.25, 0.3) is 0 Å². The quantitative estimate of drug-likeness (QED) is 0.842. The zero-order valence-electron chi connectivity index (χ0n) is 11.8. The van der Waals surface area contributed by atoms with E-state index in [1.54, 1.807) is 6.92 Å². The summed E-state index contributed by atoms with van der Waals surface area (Å²) in [5, 5.41) is 0.377. The number of nitrogen functional groups attached to an aromatic ring is 1. The van der Waals surface area contributed by atoms with Crippen molar-refractivity contribution in [2.24, 2.45) is 5.92 Å². The molecule has 6 heteroatoms. The van der Waals surface area contributed by atoms with Crippen LogP contribution in [0.1, 0.15) is 38.2 Å². The molecule has 0 radical (unpaired) electrons. The molecule has 112 valence electrons. The third kappa shape index (κ3) is 3.27. The van der Waals surface area contributed by atoms with Crippen molar-refractivity contribution < 1.29 is 8.42 Å². The van der Waals surface area contributed by atoms with Gasteiger partial charge in [0.05, 0.1) is 4.90 Å². The molecule has 1 fully saturated rings. The molecule has 0 aliphatic heterocycles. The Balaban J connectivity index is 2.26. The fourth-order valence-electron chi connectivity index (χ4n) is 2.59. The molecular formula is C14H21ClN2O2S. The van der Waals surface area contributed by atoms with Gasteiger partial charge in [-0.3, -0.25) is 0 Å². The molecule has 0 saturated heterocycles. The summed E-state index contributed by atoms with van der Waals surface area (Å²) in [6.45, 7) is 3.85. The van der Waals surface area contributed by atoms with Gasteiger partial charge in [0.25, 0.3) is 0 Å². The largest absolute Gasteiger partial charge is 0.398 e. The van der Waals surface area contributed by atoms with E-state index in [1.807, 2.05) is 0 Å². The van der Waals surface area contributed by atoms with Gasteiger partial charge < -0.3 is 5.73 Å². The molecule has 0 aromatic heterocycles. The lowest BCUT2D eigenvalue weighted by molar-refractivity contribution is 0.310. The maximum atomic E-state index is 12.4. The molecule has 1 aromatic rings. The monoisotopic (exact) mass is 316 g/mol. The summed E-state index contributed by atoms with van der Waals surface area (Å²) in [4.78, 5) is 0.142. The highest BCUT2D eigenvalue weighted by molar-refractivity contribution is 7.89. The number of nitrogens with two attached hydrogens (primary N) is 1. The summed E-state index contributed by atoms with van der Waals surface area (Å²) in [5.41, 5.74) is 6.90. The van der Waals surface area contributed by atoms with Gasteiger partial charge in [-0.25, -0.2) is 13.1 Å². The second-order valence-electron chi connectivity index (χ2n) is 5.61. The fraction of sp³-hybridized carbons (Fsp3) is 0.571. The molecule has 2 rings (SSSR count). The maximum absolute atomic E-state index is 12.4. The Kier molecular flexibility index (Phi) is 4.62. The van der Waals surface area contributed by atoms with Gasteiger partial charge in [0.15, 0.2) is 0 Å². The lowest BCUT2D eigenvalue weighted by Crippen LogP contribution is -2.41. The molecule has 0 heterocycles. The molecule has 1 aliphatic rings. The summed E-state index contributed by atoms with van der Waals surface area (Å²) in [6, 6.07) is 2.93. The third-order valence-corrected chi connectivity index (χ3v) is 5.95. The van der Waals surface area contributed by atoms with Crippen molar-refractivity contribution in [1.82, 2.24) is 4.72 Å². The third-order valence-electron chi connectivity index (χ3n) is 4.09. The van der Waals surface area contributed by atoms with Crippen LogP contribution in [0.4, 0.5) is 5.69 Å². The first-order chi connectivity index (χ1) is 9.31. The van der Waals surface area contributed by atoms with Crippen molar-refractivity contribution in [3.8, 4) is 0 Å². The summed E-state index contributed by atoms with van der Waals surface area (Å²) >= 11 is 6.02. The second kappa shape index (κ2) is 5.92. The number of hydrogen-bond acceptors (Lipinski definition) is 3. The lowest BCUT2D eigenvalue weighted by Gasteiger charge is -2.29. The minimum atomic E-state index is -3.57. The van der Waals surface area contributed by atoms with E-state index in [2.05, 4.69) is 11.6 Å². The van der Waals surface area contributed by atoms with Crippen LogP contribution in [0.3, 0.4) is 0 Å². The lowest BCUT2D eigenvalue weighted by atomic mass is 9.87. The number of halogens is 1. The number of hydrogen-bond donors (Lipinski definition) is 2. The van der Waals surface area contributed by atoms with Crippen LogP contribution >= 0.6 is 11.6 Å². The molecule has 0 amide bonds. The molecular weight excluding hydrogens is 296 g/mol. The number of anilines is 1. The van der Waals surface area contributed by atoms with Crippen molar-refractivity contribution in [1.29, 1.82) is 0 Å². The van der Waals surface area contributed by atoms with Crippen LogP contribution in [0, 0.1) is 12.8 Å². The van der Waals surface area contributed by atoms with E-state index >= 15 is 0 Å². The zero-order valence-corrected chi connectivity index (χ0v) is 13.4. The molecule has 1 aromatic carbocycles. The summed E-state index contributed by atoms with van der Waals surface area (Å²) in [6.07, 6.45) is 4.18. The number of sulfonamides is 1. The average Bonchev–Trinajstić information content (AvgIpc) is 2.38. The maximum Gasteiger partial charge on any atom is 0.240 e. The minimum absolute atomic E-state index is 0.00458. The molecule has 2 unspecified atom stereocenters. The van der Waals surface area contributed by atoms with Crippen molar-refractivity contribution in [3.63, 3.8) is 0 Å². The normalized spacial score (nSPS) is 23.8. The van der Waals surface area contributed by atoms with E-state index in [0.717, 1.165) is 19.3 Å². The van der Waals surface area contributed by atoms with E-state index in [9.17, 15) is 8.42 Å². The standard InChI is InChI=1S/C14H21ClN2O2S/c1-9-5-3-4-6-14(9)17-20(18,19)11-7-12(15)10(2)13(16)8-11/h7-9,14,17H,3-6,16H2,1-2H3. The molecule has 0 bridgehead atoms. The summed E-state index contributed by atoms with van der Waals surface area (Å²) in [5.74, 6) is 0.358. The van der Waals surface area contributed by atoms with E-state index in [4.69, 9.17) is 17.3 Å². The number of nitrogens with one attached hydrogen (secondary N) is 1. The van der Waals surface area contributed by atoms with Gasteiger partial charge >= 0.3 is 0 Å². The minimum Gasteiger partial charge on any atom is -0.398 e. The van der Waals surface area contributed by atoms with Crippen molar-refractivity contribution in [2.75, 3.05) is 5.73 Å². The highest BCUT2D eigenvalue weighted by Gasteiger charge is 2.27. The van der Waals surface area contributed by atoms with E-state index in [1.165, 1.54) is 18.6 Å². The fourth-order valence-corrected chi connectivity index (χ4v) is 4.32. The van der Waals surface area contributed by atoms with E-state index < -0.39 is 10.0 Å². The van der Waals surface area contributed by atoms with Crippen LogP contribution in [0.5, 0.6) is 0 Å². The highest BCUT2D eigenvalue weighted by atomic mass is 35.5. The topological polar surface area (TPSA) is 72.2 Å². The summed E-state index contributed by atoms with van der Waals surface area (Å²) < 4.78 is 27.7. The van der Waals surface area contributed by atoms with Crippen LogP contribution in [-0.2, 0) is 10.0 Å². The molecule has 1 saturated carbocycles. The molecule has 2 atom stereocenters. The van der Waals surface area contributed by atoms with Crippen molar-refractivity contribution in [2.45, 2.75) is 50.5 Å². The molecule has 4 nitrogen and oxygen atoms in total. The van der Waals surface area contributed by atoms with Crippen molar-refractivity contribution in [3.05, 3.63) is 22.7 Å². The van der Waals surface area contributed by atoms with Gasteiger partial charge in [0.2, 0.25) is 10.0 Å². The van der Waals surface area contributed by atoms with Gasteiger partial charge in [-0.15, -0.1) is 0 Å². The van der Waals surface area contributed by atoms with Gasteiger partial charge in [0, 0.05) is 16.8 Å². The Bertz CT molecular complexity index is 578. The van der Waals surface area contributed by atoms with Crippen molar-refractivity contribution >= 4 is 27.3 Å². The van der Waals surface area contributed by atoms with Gasteiger partial charge in [-0.1, -0.05) is 31.4 Å². The van der Waals surface area contributed by atoms with Crippen LogP contribution in [0.15, 0.2) is 17.0 Å². The van der Waals surface area contributed by atoms with Gasteiger partial charge in [0.1, 0.15) is 0 Å². The first-order valence-corrected chi connectivity index (χ1v) is 8.75. The van der Waals surface area contributed by atoms with Gasteiger partial charge in [-0.05, 0) is 43.4 Å². The van der Waals surface area contributed by atoms with Crippen LogP contribution < -0.4 is 10.5 Å². The second-order valence-corrected chi connectivity index (χ2v) is 7.73. The van der Waals surface area contributed by atoms with E-state index in [-0.39, 0.29) is 10.9 Å². The zero-order chi connectivity index (χ0) is 14.9. The Morgan fingerprint density at radius 2 is 1.95 bits per heavy atom. The van der Waals surface area contributed by atoms with Crippen LogP contribution in [-0.4, -0.2) is 14.5 Å². The predicted octanol–water partition coefficient (Wildman–Crippen LogP) is 3.09. The Hall–Kier alpha value is -0.780.